The quantitative estimate of drug-likeness (QED) is 0.247. The zero-order chi connectivity index (χ0) is 23.0. The predicted molar refractivity (Wildman–Crippen MR) is 113 cm³/mol. The van der Waals surface area contributed by atoms with Crippen molar-refractivity contribution in [2.45, 2.75) is 13.8 Å². The van der Waals surface area contributed by atoms with Crippen LogP contribution in [-0.2, 0) is 9.53 Å². The highest BCUT2D eigenvalue weighted by Gasteiger charge is 2.17. The number of esters is 1. The maximum absolute atomic E-state index is 12.1. The maximum atomic E-state index is 12.1. The van der Waals surface area contributed by atoms with E-state index >= 15 is 0 Å². The lowest BCUT2D eigenvalue weighted by Crippen LogP contribution is -2.43. The molecule has 0 radical (unpaired) electrons. The average Bonchev–Trinajstić information content (AvgIpc) is 2.77. The molecule has 0 aliphatic heterocycles. The standard InChI is InChI=1S/C20H23N5O6/c1-3-24(4-2)15-8-5-13(6-9-15)19(27)23-22-18(26)12-31-20(28)14-7-10-16(21)17(11-14)25(29)30/h5-11H,3-4,12,21H2,1-2H3,(H,22,26)(H,23,27). The summed E-state index contributed by atoms with van der Waals surface area (Å²) in [5.41, 5.74) is 10.4. The largest absolute Gasteiger partial charge is 0.452 e. The molecule has 11 heteroatoms. The van der Waals surface area contributed by atoms with Crippen molar-refractivity contribution < 1.29 is 24.0 Å². The monoisotopic (exact) mass is 429 g/mol. The van der Waals surface area contributed by atoms with Gasteiger partial charge in [0.2, 0.25) is 0 Å². The Morgan fingerprint density at radius 2 is 1.65 bits per heavy atom. The molecular formula is C20H23N5O6. The fourth-order valence-electron chi connectivity index (χ4n) is 2.69. The van der Waals surface area contributed by atoms with Crippen LogP contribution >= 0.6 is 0 Å². The molecule has 0 heterocycles. The minimum absolute atomic E-state index is 0.105. The van der Waals surface area contributed by atoms with Crippen molar-refractivity contribution in [3.63, 3.8) is 0 Å². The molecular weight excluding hydrogens is 406 g/mol. The summed E-state index contributed by atoms with van der Waals surface area (Å²) in [5, 5.41) is 10.9. The van der Waals surface area contributed by atoms with Gasteiger partial charge in [-0.2, -0.15) is 0 Å². The SMILES string of the molecule is CCN(CC)c1ccc(C(=O)NNC(=O)COC(=O)c2ccc(N)c([N+](=O)[O-])c2)cc1. The van der Waals surface area contributed by atoms with E-state index in [4.69, 9.17) is 10.5 Å². The van der Waals surface area contributed by atoms with Crippen molar-refractivity contribution in [3.05, 3.63) is 63.7 Å². The molecule has 31 heavy (non-hydrogen) atoms. The number of anilines is 2. The summed E-state index contributed by atoms with van der Waals surface area (Å²) in [5.74, 6) is -2.28. The molecule has 0 fully saturated rings. The summed E-state index contributed by atoms with van der Waals surface area (Å²) in [4.78, 5) is 48.2. The van der Waals surface area contributed by atoms with E-state index in [9.17, 15) is 24.5 Å². The van der Waals surface area contributed by atoms with Crippen LogP contribution in [0.2, 0.25) is 0 Å². The summed E-state index contributed by atoms with van der Waals surface area (Å²) in [6.45, 7) is 5.03. The molecule has 11 nitrogen and oxygen atoms in total. The number of nitrogens with one attached hydrogen (secondary N) is 2. The third kappa shape index (κ3) is 6.16. The van der Waals surface area contributed by atoms with Crippen molar-refractivity contribution in [2.24, 2.45) is 0 Å². The van der Waals surface area contributed by atoms with Crippen LogP contribution in [0.1, 0.15) is 34.6 Å². The van der Waals surface area contributed by atoms with Crippen molar-refractivity contribution >= 4 is 34.8 Å². The van der Waals surface area contributed by atoms with Crippen LogP contribution in [0, 0.1) is 10.1 Å². The van der Waals surface area contributed by atoms with Gasteiger partial charge in [0.25, 0.3) is 17.5 Å². The maximum Gasteiger partial charge on any atom is 0.338 e. The van der Waals surface area contributed by atoms with Crippen LogP contribution < -0.4 is 21.5 Å². The fourth-order valence-corrected chi connectivity index (χ4v) is 2.69. The highest BCUT2D eigenvalue weighted by molar-refractivity contribution is 5.96. The summed E-state index contributed by atoms with van der Waals surface area (Å²) < 4.78 is 4.80. The number of amides is 2. The second kappa shape index (κ2) is 10.6. The van der Waals surface area contributed by atoms with Gasteiger partial charge in [-0.1, -0.05) is 0 Å². The Bertz CT molecular complexity index is 973. The van der Waals surface area contributed by atoms with Crippen molar-refractivity contribution in [1.82, 2.24) is 10.9 Å². The molecule has 2 rings (SSSR count). The number of benzene rings is 2. The van der Waals surface area contributed by atoms with Crippen molar-refractivity contribution in [3.8, 4) is 0 Å². The Kier molecular flexibility index (Phi) is 7.89. The molecule has 0 aromatic heterocycles. The van der Waals surface area contributed by atoms with Gasteiger partial charge in [0.05, 0.1) is 10.5 Å². The van der Waals surface area contributed by atoms with Gasteiger partial charge in [-0.25, -0.2) is 4.79 Å². The Labute approximate surface area is 178 Å². The van der Waals surface area contributed by atoms with E-state index < -0.39 is 35.0 Å². The lowest BCUT2D eigenvalue weighted by Gasteiger charge is -2.21. The molecule has 0 spiro atoms. The Hall–Kier alpha value is -4.15. The number of nitro benzene ring substituents is 1. The highest BCUT2D eigenvalue weighted by Crippen LogP contribution is 2.22. The van der Waals surface area contributed by atoms with E-state index in [1.54, 1.807) is 24.3 Å². The molecule has 164 valence electrons. The minimum atomic E-state index is -0.948. The lowest BCUT2D eigenvalue weighted by atomic mass is 10.2. The normalized spacial score (nSPS) is 10.1. The van der Waals surface area contributed by atoms with Gasteiger partial charge in [0, 0.05) is 30.4 Å². The van der Waals surface area contributed by atoms with Crippen LogP contribution in [0.3, 0.4) is 0 Å². The smallest absolute Gasteiger partial charge is 0.338 e. The van der Waals surface area contributed by atoms with E-state index in [1.807, 2.05) is 13.8 Å². The van der Waals surface area contributed by atoms with E-state index in [2.05, 4.69) is 15.8 Å². The topological polar surface area (TPSA) is 157 Å². The summed E-state index contributed by atoms with van der Waals surface area (Å²) >= 11 is 0. The first-order valence-electron chi connectivity index (χ1n) is 9.42. The van der Waals surface area contributed by atoms with Crippen molar-refractivity contribution in [1.29, 1.82) is 0 Å². The van der Waals surface area contributed by atoms with Crippen LogP contribution in [0.5, 0.6) is 0 Å². The summed E-state index contributed by atoms with van der Waals surface area (Å²) in [6.07, 6.45) is 0. The number of nitrogens with two attached hydrogens (primary N) is 1. The molecule has 0 atom stereocenters. The van der Waals surface area contributed by atoms with Crippen LogP contribution in [0.15, 0.2) is 42.5 Å². The van der Waals surface area contributed by atoms with Gasteiger partial charge >= 0.3 is 5.97 Å². The zero-order valence-electron chi connectivity index (χ0n) is 17.1. The molecule has 0 aliphatic carbocycles. The summed E-state index contributed by atoms with van der Waals surface area (Å²) in [7, 11) is 0. The minimum Gasteiger partial charge on any atom is -0.452 e. The van der Waals surface area contributed by atoms with Gasteiger partial charge in [-0.15, -0.1) is 0 Å². The number of rotatable bonds is 8. The van der Waals surface area contributed by atoms with Gasteiger partial charge < -0.3 is 15.4 Å². The van der Waals surface area contributed by atoms with E-state index in [0.717, 1.165) is 24.8 Å². The third-order valence-corrected chi connectivity index (χ3v) is 4.37. The number of hydrazine groups is 1. The Balaban J connectivity index is 1.85. The average molecular weight is 429 g/mol. The second-order valence-electron chi connectivity index (χ2n) is 6.33. The highest BCUT2D eigenvalue weighted by atomic mass is 16.6. The summed E-state index contributed by atoms with van der Waals surface area (Å²) in [6, 6.07) is 10.3. The molecule has 0 saturated carbocycles. The number of nitrogen functional groups attached to an aromatic ring is 1. The molecule has 2 amide bonds. The first-order valence-corrected chi connectivity index (χ1v) is 9.42. The zero-order valence-corrected chi connectivity index (χ0v) is 17.1. The van der Waals surface area contributed by atoms with Crippen LogP contribution in [0.4, 0.5) is 17.1 Å². The van der Waals surface area contributed by atoms with Gasteiger partial charge in [-0.3, -0.25) is 30.6 Å². The fraction of sp³-hybridized carbons (Fsp3) is 0.250. The first-order chi connectivity index (χ1) is 14.8. The number of ether oxygens (including phenoxy) is 1. The van der Waals surface area contributed by atoms with Crippen LogP contribution in [0.25, 0.3) is 0 Å². The van der Waals surface area contributed by atoms with Gasteiger partial charge in [-0.05, 0) is 50.2 Å². The number of nitrogens with zero attached hydrogens (tertiary/aromatic N) is 2. The lowest BCUT2D eigenvalue weighted by molar-refractivity contribution is -0.383. The van der Waals surface area contributed by atoms with Crippen LogP contribution in [-0.4, -0.2) is 42.4 Å². The molecule has 0 saturated heterocycles. The van der Waals surface area contributed by atoms with E-state index in [1.165, 1.54) is 12.1 Å². The molecule has 2 aromatic carbocycles. The van der Waals surface area contributed by atoms with Gasteiger partial charge in [0.1, 0.15) is 5.69 Å². The van der Waals surface area contributed by atoms with Gasteiger partial charge in [0.15, 0.2) is 6.61 Å². The number of carbonyl (C=O) groups excluding carboxylic acids is 3. The number of nitro groups is 1. The predicted octanol–water partition coefficient (Wildman–Crippen LogP) is 1.64. The molecule has 4 N–H and O–H groups in total. The Morgan fingerprint density at radius 3 is 2.23 bits per heavy atom. The molecule has 0 unspecified atom stereocenters. The van der Waals surface area contributed by atoms with E-state index in [-0.39, 0.29) is 11.3 Å². The number of carbonyl (C=O) groups is 3. The van der Waals surface area contributed by atoms with Crippen molar-refractivity contribution in [2.75, 3.05) is 30.3 Å². The second-order valence-corrected chi connectivity index (χ2v) is 6.33. The first kappa shape index (κ1) is 23.1. The molecule has 2 aromatic rings. The van der Waals surface area contributed by atoms with E-state index in [0.29, 0.717) is 5.56 Å². The molecule has 0 aliphatic rings. The Morgan fingerprint density at radius 1 is 1.03 bits per heavy atom. The number of hydrogen-bond acceptors (Lipinski definition) is 8. The number of hydrogen-bond donors (Lipinski definition) is 3. The third-order valence-electron chi connectivity index (χ3n) is 4.37. The molecule has 0 bridgehead atoms.